The van der Waals surface area contributed by atoms with Gasteiger partial charge >= 0.3 is 0 Å². The monoisotopic (exact) mass is 594 g/mol. The van der Waals surface area contributed by atoms with Crippen LogP contribution < -0.4 is 5.32 Å². The van der Waals surface area contributed by atoms with Gasteiger partial charge in [0, 0.05) is 0 Å². The van der Waals surface area contributed by atoms with Crippen molar-refractivity contribution in [3.8, 4) is 0 Å². The minimum Gasteiger partial charge on any atom is -0.394 e. The van der Waals surface area contributed by atoms with Crippen LogP contribution in [0, 0.1) is 0 Å². The lowest BCUT2D eigenvalue weighted by Crippen LogP contribution is -2.53. The highest BCUT2D eigenvalue weighted by Crippen LogP contribution is 2.13. The fraction of sp³-hybridized carbons (Fsp3) is 0.806. The van der Waals surface area contributed by atoms with Crippen LogP contribution in [0.1, 0.15) is 155 Å². The molecule has 6 heteroatoms. The third-order valence-electron chi connectivity index (χ3n) is 7.78. The second kappa shape index (κ2) is 31.0. The highest BCUT2D eigenvalue weighted by atomic mass is 16.3. The molecule has 4 atom stereocenters. The van der Waals surface area contributed by atoms with Crippen LogP contribution in [0.3, 0.4) is 0 Å². The largest absolute Gasteiger partial charge is 0.394 e. The van der Waals surface area contributed by atoms with Crippen LogP contribution in [0.5, 0.6) is 0 Å². The van der Waals surface area contributed by atoms with Gasteiger partial charge in [-0.15, -0.1) is 0 Å². The summed E-state index contributed by atoms with van der Waals surface area (Å²) < 4.78 is 0. The molecule has 0 rings (SSSR count). The number of nitrogens with one attached hydrogen (secondary N) is 1. The Morgan fingerprint density at radius 3 is 1.60 bits per heavy atom. The first-order valence-electron chi connectivity index (χ1n) is 17.4. The molecule has 0 spiro atoms. The molecule has 0 fully saturated rings. The molecule has 0 aliphatic heterocycles. The van der Waals surface area contributed by atoms with Crippen LogP contribution in [-0.4, -0.2) is 57.3 Å². The topological polar surface area (TPSA) is 110 Å². The summed E-state index contributed by atoms with van der Waals surface area (Å²) in [4.78, 5) is 12.4. The van der Waals surface area contributed by atoms with Gasteiger partial charge in [0.1, 0.15) is 12.2 Å². The Hall–Kier alpha value is -1.47. The average molecular weight is 594 g/mol. The zero-order chi connectivity index (χ0) is 31.1. The van der Waals surface area contributed by atoms with Crippen molar-refractivity contribution in [2.45, 2.75) is 179 Å². The lowest BCUT2D eigenvalue weighted by Gasteiger charge is -2.27. The maximum Gasteiger partial charge on any atom is 0.249 e. The minimum absolute atomic E-state index is 0.352. The normalized spacial score (nSPS) is 15.1. The Kier molecular flexibility index (Phi) is 29.9. The molecule has 1 amide bonds. The third-order valence-corrected chi connectivity index (χ3v) is 7.78. The summed E-state index contributed by atoms with van der Waals surface area (Å²) in [5, 5.41) is 43.2. The number of rotatable bonds is 30. The van der Waals surface area contributed by atoms with Crippen LogP contribution in [0.4, 0.5) is 0 Å². The lowest BCUT2D eigenvalue weighted by molar-refractivity contribution is -0.132. The number of hydrogen-bond acceptors (Lipinski definition) is 5. The molecule has 0 aliphatic carbocycles. The van der Waals surface area contributed by atoms with Crippen LogP contribution in [0.15, 0.2) is 36.5 Å². The molecule has 0 saturated carbocycles. The molecule has 0 aromatic heterocycles. The smallest absolute Gasteiger partial charge is 0.249 e. The minimum atomic E-state index is -1.29. The summed E-state index contributed by atoms with van der Waals surface area (Å²) in [7, 11) is 0. The fourth-order valence-electron chi connectivity index (χ4n) is 4.95. The first-order valence-corrected chi connectivity index (χ1v) is 17.4. The van der Waals surface area contributed by atoms with E-state index in [1.165, 1.54) is 64.2 Å². The second-order valence-electron chi connectivity index (χ2n) is 11.8. The predicted octanol–water partition coefficient (Wildman–Crippen LogP) is 7.84. The van der Waals surface area contributed by atoms with Gasteiger partial charge in [-0.3, -0.25) is 4.79 Å². The van der Waals surface area contributed by atoms with Gasteiger partial charge in [0.05, 0.1) is 18.8 Å². The van der Waals surface area contributed by atoms with Crippen molar-refractivity contribution in [2.75, 3.05) is 6.61 Å². The molecular weight excluding hydrogens is 526 g/mol. The number of allylic oxidation sites excluding steroid dienone is 6. The van der Waals surface area contributed by atoms with Crippen molar-refractivity contribution in [2.24, 2.45) is 0 Å². The predicted molar refractivity (Wildman–Crippen MR) is 177 cm³/mol. The molecular formula is C36H67NO5. The Bertz CT molecular complexity index is 678. The molecule has 0 heterocycles. The van der Waals surface area contributed by atoms with Gasteiger partial charge in [-0.05, 0) is 70.6 Å². The SMILES string of the molecule is CCC/C=C/CC/C=C/CCCC(O)C(O)C(CO)NC(=O)C(O)CCCCCCCC/C=C\CCCCCCCC. The highest BCUT2D eigenvalue weighted by molar-refractivity contribution is 5.80. The van der Waals surface area contributed by atoms with Crippen molar-refractivity contribution in [1.29, 1.82) is 0 Å². The van der Waals surface area contributed by atoms with Crippen molar-refractivity contribution in [1.82, 2.24) is 5.32 Å². The Morgan fingerprint density at radius 2 is 1.05 bits per heavy atom. The molecule has 42 heavy (non-hydrogen) atoms. The first kappa shape index (κ1) is 40.5. The van der Waals surface area contributed by atoms with E-state index in [2.05, 4.69) is 55.6 Å². The second-order valence-corrected chi connectivity index (χ2v) is 11.8. The van der Waals surface area contributed by atoms with Crippen LogP contribution in [-0.2, 0) is 4.79 Å². The van der Waals surface area contributed by atoms with Gasteiger partial charge < -0.3 is 25.7 Å². The van der Waals surface area contributed by atoms with E-state index in [0.29, 0.717) is 19.3 Å². The van der Waals surface area contributed by atoms with Gasteiger partial charge in [-0.25, -0.2) is 0 Å². The summed E-state index contributed by atoms with van der Waals surface area (Å²) >= 11 is 0. The van der Waals surface area contributed by atoms with E-state index in [0.717, 1.165) is 57.8 Å². The molecule has 5 N–H and O–H groups in total. The number of aliphatic hydroxyl groups is 4. The van der Waals surface area contributed by atoms with E-state index >= 15 is 0 Å². The maximum absolute atomic E-state index is 12.4. The quantitative estimate of drug-likeness (QED) is 0.0431. The van der Waals surface area contributed by atoms with E-state index in [-0.39, 0.29) is 0 Å². The lowest BCUT2D eigenvalue weighted by atomic mass is 10.00. The number of amides is 1. The molecule has 0 bridgehead atoms. The summed E-state index contributed by atoms with van der Waals surface area (Å²) in [6, 6.07) is -1.01. The zero-order valence-electron chi connectivity index (χ0n) is 27.2. The van der Waals surface area contributed by atoms with Crippen LogP contribution >= 0.6 is 0 Å². The third kappa shape index (κ3) is 25.1. The summed E-state index contributed by atoms with van der Waals surface area (Å²) in [6.07, 6.45) is 33.1. The number of carbonyl (C=O) groups is 1. The van der Waals surface area contributed by atoms with E-state index in [1.54, 1.807) is 0 Å². The fourth-order valence-corrected chi connectivity index (χ4v) is 4.95. The van der Waals surface area contributed by atoms with Gasteiger partial charge in [-0.1, -0.05) is 121 Å². The molecule has 0 saturated heterocycles. The summed E-state index contributed by atoms with van der Waals surface area (Å²) in [5.74, 6) is -0.607. The van der Waals surface area contributed by atoms with E-state index in [9.17, 15) is 25.2 Å². The Balaban J connectivity index is 3.90. The van der Waals surface area contributed by atoms with Crippen LogP contribution in [0.25, 0.3) is 0 Å². The number of unbranched alkanes of at least 4 members (excludes halogenated alkanes) is 15. The Morgan fingerprint density at radius 1 is 0.571 bits per heavy atom. The van der Waals surface area contributed by atoms with E-state index in [1.807, 2.05) is 0 Å². The van der Waals surface area contributed by atoms with Crippen molar-refractivity contribution >= 4 is 5.91 Å². The maximum atomic E-state index is 12.4. The molecule has 4 unspecified atom stereocenters. The average Bonchev–Trinajstić information content (AvgIpc) is 2.99. The first-order chi connectivity index (χ1) is 20.5. The number of hydrogen-bond donors (Lipinski definition) is 5. The van der Waals surface area contributed by atoms with Crippen molar-refractivity contribution in [3.63, 3.8) is 0 Å². The van der Waals surface area contributed by atoms with Gasteiger partial charge in [-0.2, -0.15) is 0 Å². The standard InChI is InChI=1S/C36H67NO5/c1-3-5-7-9-11-13-15-16-17-18-19-20-22-24-26-28-30-34(40)36(42)37-32(31-38)35(41)33(39)29-27-25-23-21-14-12-10-8-6-4-2/h8,10,16-17,21,23,32-35,38-41H,3-7,9,11-15,18-20,22,24-31H2,1-2H3,(H,37,42)/b10-8+,17-16-,23-21+. The summed E-state index contributed by atoms with van der Waals surface area (Å²) in [6.45, 7) is 3.91. The van der Waals surface area contributed by atoms with Crippen LogP contribution in [0.2, 0.25) is 0 Å². The highest BCUT2D eigenvalue weighted by Gasteiger charge is 2.28. The number of aliphatic hydroxyl groups excluding tert-OH is 4. The molecule has 6 nitrogen and oxygen atoms in total. The van der Waals surface area contributed by atoms with Gasteiger partial charge in [0.15, 0.2) is 0 Å². The molecule has 0 aromatic carbocycles. The molecule has 0 radical (unpaired) electrons. The van der Waals surface area contributed by atoms with Gasteiger partial charge in [0.2, 0.25) is 5.91 Å². The Labute approximate surface area is 258 Å². The van der Waals surface area contributed by atoms with Crippen molar-refractivity contribution in [3.05, 3.63) is 36.5 Å². The molecule has 246 valence electrons. The van der Waals surface area contributed by atoms with E-state index in [4.69, 9.17) is 0 Å². The van der Waals surface area contributed by atoms with Crippen molar-refractivity contribution < 1.29 is 25.2 Å². The number of carbonyl (C=O) groups excluding carboxylic acids is 1. The molecule has 0 aliphatic rings. The summed E-state index contributed by atoms with van der Waals surface area (Å²) in [5.41, 5.74) is 0. The zero-order valence-corrected chi connectivity index (χ0v) is 27.2. The van der Waals surface area contributed by atoms with E-state index < -0.39 is 36.9 Å². The molecule has 0 aromatic rings. The van der Waals surface area contributed by atoms with Gasteiger partial charge in [0.25, 0.3) is 0 Å².